The van der Waals surface area contributed by atoms with Crippen molar-refractivity contribution in [2.45, 2.75) is 84.7 Å². The summed E-state index contributed by atoms with van der Waals surface area (Å²) in [7, 11) is 0. The lowest BCUT2D eigenvalue weighted by molar-refractivity contribution is 0.627. The minimum atomic E-state index is 0.349. The van der Waals surface area contributed by atoms with E-state index in [0.717, 1.165) is 6.42 Å². The molecule has 0 saturated heterocycles. The lowest BCUT2D eigenvalue weighted by atomic mass is 9.32. The molecule has 1 heteroatoms. The molecule has 0 radical (unpaired) electrons. The fourth-order valence-electron chi connectivity index (χ4n) is 2.50. The van der Waals surface area contributed by atoms with E-state index in [1.807, 2.05) is 0 Å². The molecule has 0 amide bonds. The lowest BCUT2D eigenvalue weighted by Crippen LogP contribution is -2.25. The quantitative estimate of drug-likeness (QED) is 0.310. The average molecular weight is 248 g/mol. The molecule has 0 aliphatic carbocycles. The van der Waals surface area contributed by atoms with Crippen LogP contribution in [0.4, 0.5) is 0 Å². The summed E-state index contributed by atoms with van der Waals surface area (Å²) in [6.45, 7) is 20.8. The highest BCUT2D eigenvalue weighted by molar-refractivity contribution is 6.61. The van der Waals surface area contributed by atoms with Crippen LogP contribution in [0.25, 0.3) is 0 Å². The van der Waals surface area contributed by atoms with Crippen molar-refractivity contribution in [3.8, 4) is 0 Å². The van der Waals surface area contributed by atoms with E-state index in [9.17, 15) is 0 Å². The van der Waals surface area contributed by atoms with Crippen LogP contribution in [0.5, 0.6) is 0 Å². The van der Waals surface area contributed by atoms with Crippen LogP contribution >= 0.6 is 0 Å². The van der Waals surface area contributed by atoms with Crippen molar-refractivity contribution >= 4 is 6.71 Å². The highest BCUT2D eigenvalue weighted by Gasteiger charge is 2.29. The minimum Gasteiger partial charge on any atom is -0.101 e. The highest BCUT2D eigenvalue weighted by atomic mass is 14.2. The zero-order chi connectivity index (χ0) is 14.2. The third-order valence-corrected chi connectivity index (χ3v) is 4.12. The molecule has 0 N–H and O–H groups in total. The molecule has 0 aromatic heterocycles. The normalized spacial score (nSPS) is 11.4. The maximum Gasteiger partial charge on any atom is 0.147 e. The molecular weight excluding hydrogens is 215 g/mol. The van der Waals surface area contributed by atoms with Crippen molar-refractivity contribution < 1.29 is 0 Å². The topological polar surface area (TPSA) is 0 Å². The molecule has 0 nitrogen and oxygen atoms in total. The molecule has 0 aliphatic rings. The molecule has 0 aliphatic heterocycles. The summed E-state index contributed by atoms with van der Waals surface area (Å²) in [5.41, 5.74) is 2.84. The average Bonchev–Trinajstić information content (AvgIpc) is 2.25. The Morgan fingerprint density at radius 2 is 1.61 bits per heavy atom. The monoisotopic (exact) mass is 248 g/mol. The van der Waals surface area contributed by atoms with E-state index in [1.54, 1.807) is 0 Å². The first kappa shape index (κ1) is 17.5. The van der Waals surface area contributed by atoms with E-state index in [-0.39, 0.29) is 0 Å². The van der Waals surface area contributed by atoms with Crippen molar-refractivity contribution in [3.63, 3.8) is 0 Å². The van der Waals surface area contributed by atoms with Crippen LogP contribution in [-0.2, 0) is 0 Å². The molecule has 0 atom stereocenters. The highest BCUT2D eigenvalue weighted by Crippen LogP contribution is 2.39. The lowest BCUT2D eigenvalue weighted by Gasteiger charge is -2.31. The first-order chi connectivity index (χ1) is 8.33. The van der Waals surface area contributed by atoms with E-state index in [4.69, 9.17) is 0 Å². The number of hydrogen-bond acceptors (Lipinski definition) is 0. The van der Waals surface area contributed by atoms with Gasteiger partial charge in [0, 0.05) is 0 Å². The molecule has 0 aromatic carbocycles. The number of hydrogen-bond donors (Lipinski definition) is 0. The molecule has 0 heterocycles. The van der Waals surface area contributed by atoms with Gasteiger partial charge in [0.15, 0.2) is 0 Å². The Morgan fingerprint density at radius 1 is 1.00 bits per heavy atom. The maximum atomic E-state index is 4.24. The smallest absolute Gasteiger partial charge is 0.101 e. The van der Waals surface area contributed by atoms with E-state index < -0.39 is 0 Å². The Balaban J connectivity index is 4.24. The van der Waals surface area contributed by atoms with Gasteiger partial charge in [0.05, 0.1) is 0 Å². The van der Waals surface area contributed by atoms with Gasteiger partial charge in [-0.1, -0.05) is 76.7 Å². The fraction of sp³-hybridized carbons (Fsp3) is 0.765. The Kier molecular flexibility index (Phi) is 8.40. The largest absolute Gasteiger partial charge is 0.147 e. The molecule has 0 rings (SSSR count). The predicted octanol–water partition coefficient (Wildman–Crippen LogP) is 6.38. The molecule has 104 valence electrons. The van der Waals surface area contributed by atoms with Gasteiger partial charge in [-0.15, -0.1) is 6.58 Å². The maximum absolute atomic E-state index is 4.24. The van der Waals surface area contributed by atoms with Crippen LogP contribution in [0.15, 0.2) is 24.3 Å². The van der Waals surface area contributed by atoms with Gasteiger partial charge in [0.1, 0.15) is 6.71 Å². The van der Waals surface area contributed by atoms with E-state index >= 15 is 0 Å². The third-order valence-electron chi connectivity index (χ3n) is 4.12. The van der Waals surface area contributed by atoms with Gasteiger partial charge >= 0.3 is 0 Å². The number of allylic oxidation sites excluding steroid dienone is 2. The van der Waals surface area contributed by atoms with E-state index in [1.165, 1.54) is 49.6 Å². The second-order valence-corrected chi connectivity index (χ2v) is 6.62. The molecule has 0 aromatic rings. The Morgan fingerprint density at radius 3 is 2.11 bits per heavy atom. The predicted molar refractivity (Wildman–Crippen MR) is 87.8 cm³/mol. The van der Waals surface area contributed by atoms with Crippen molar-refractivity contribution in [2.24, 2.45) is 0 Å². The van der Waals surface area contributed by atoms with Gasteiger partial charge in [-0.25, -0.2) is 0 Å². The first-order valence-electron chi connectivity index (χ1n) is 7.66. The zero-order valence-electron chi connectivity index (χ0n) is 13.4. The van der Waals surface area contributed by atoms with Gasteiger partial charge in [-0.2, -0.15) is 0 Å². The summed E-state index contributed by atoms with van der Waals surface area (Å²) in [5, 5.41) is 0.349. The van der Waals surface area contributed by atoms with Crippen LogP contribution in [0.1, 0.15) is 66.2 Å². The van der Waals surface area contributed by atoms with Crippen molar-refractivity contribution in [1.29, 1.82) is 0 Å². The third kappa shape index (κ3) is 7.08. The summed E-state index contributed by atoms with van der Waals surface area (Å²) in [6.07, 6.45) is 8.47. The van der Waals surface area contributed by atoms with Crippen LogP contribution < -0.4 is 0 Å². The standard InChI is InChI=1S/C17H33B/c1-8-10-12-16(4)14-18(7)17(5,6)13-15(3)11-9-2/h3-4,8-14H2,1-2,5-7H3. The number of rotatable bonds is 10. The van der Waals surface area contributed by atoms with Crippen molar-refractivity contribution in [3.05, 3.63) is 24.3 Å². The Hall–Kier alpha value is -0.455. The zero-order valence-corrected chi connectivity index (χ0v) is 13.4. The van der Waals surface area contributed by atoms with Gasteiger partial charge in [-0.05, 0) is 25.7 Å². The van der Waals surface area contributed by atoms with Gasteiger partial charge < -0.3 is 0 Å². The first-order valence-corrected chi connectivity index (χ1v) is 7.66. The van der Waals surface area contributed by atoms with E-state index in [2.05, 4.69) is 47.7 Å². The second-order valence-electron chi connectivity index (χ2n) is 6.62. The van der Waals surface area contributed by atoms with E-state index in [0.29, 0.717) is 12.0 Å². The Labute approximate surface area is 116 Å². The fourth-order valence-corrected chi connectivity index (χ4v) is 2.50. The summed E-state index contributed by atoms with van der Waals surface area (Å²) in [6, 6.07) is 0. The summed E-state index contributed by atoms with van der Waals surface area (Å²) in [5.74, 6) is 0. The molecule has 18 heavy (non-hydrogen) atoms. The SMILES string of the molecule is C=C(CCCC)CB(C)C(C)(C)CC(=C)CCC. The summed E-state index contributed by atoms with van der Waals surface area (Å²) in [4.78, 5) is 0. The Bertz CT molecular complexity index is 263. The second kappa shape index (κ2) is 8.61. The van der Waals surface area contributed by atoms with Crippen LogP contribution in [0.2, 0.25) is 18.5 Å². The van der Waals surface area contributed by atoms with Crippen molar-refractivity contribution in [2.75, 3.05) is 0 Å². The number of unbranched alkanes of at least 4 members (excludes halogenated alkanes) is 1. The van der Waals surface area contributed by atoms with Gasteiger partial charge in [-0.3, -0.25) is 0 Å². The van der Waals surface area contributed by atoms with Crippen LogP contribution in [0, 0.1) is 0 Å². The summed E-state index contributed by atoms with van der Waals surface area (Å²) < 4.78 is 0. The molecule has 0 spiro atoms. The molecular formula is C17H33B. The molecule has 0 bridgehead atoms. The van der Waals surface area contributed by atoms with Crippen LogP contribution in [-0.4, -0.2) is 6.71 Å². The van der Waals surface area contributed by atoms with Gasteiger partial charge in [0.25, 0.3) is 0 Å². The van der Waals surface area contributed by atoms with Gasteiger partial charge in [0.2, 0.25) is 0 Å². The molecule has 0 unspecified atom stereocenters. The van der Waals surface area contributed by atoms with Crippen LogP contribution in [0.3, 0.4) is 0 Å². The summed E-state index contributed by atoms with van der Waals surface area (Å²) >= 11 is 0. The molecule has 0 saturated carbocycles. The van der Waals surface area contributed by atoms with Crippen molar-refractivity contribution in [1.82, 2.24) is 0 Å². The minimum absolute atomic E-state index is 0.349. The molecule has 0 fully saturated rings.